The summed E-state index contributed by atoms with van der Waals surface area (Å²) < 4.78 is 0. The van der Waals surface area contributed by atoms with Crippen LogP contribution in [0.5, 0.6) is 0 Å². The second-order valence-electron chi connectivity index (χ2n) is 3.34. The third kappa shape index (κ3) is 2.39. The highest BCUT2D eigenvalue weighted by atomic mass is 35.5. The van der Waals surface area contributed by atoms with Crippen LogP contribution in [-0.4, -0.2) is 23.2 Å². The molecule has 2 rings (SSSR count). The molecule has 0 spiro atoms. The molecule has 2 aromatic rings. The molecule has 0 fully saturated rings. The Labute approximate surface area is 103 Å². The zero-order chi connectivity index (χ0) is 12.3. The van der Waals surface area contributed by atoms with Gasteiger partial charge in [0.25, 0.3) is 5.91 Å². The molecule has 1 amide bonds. The van der Waals surface area contributed by atoms with Crippen molar-refractivity contribution < 1.29 is 4.79 Å². The Morgan fingerprint density at radius 1 is 1.41 bits per heavy atom. The van der Waals surface area contributed by atoms with Crippen LogP contribution in [0.4, 0.5) is 11.5 Å². The third-order valence-corrected chi connectivity index (χ3v) is 2.59. The monoisotopic (exact) mass is 250 g/mol. The molecule has 0 unspecified atom stereocenters. The molecule has 0 aliphatic rings. The average molecular weight is 251 g/mol. The third-order valence-electron chi connectivity index (χ3n) is 2.26. The van der Waals surface area contributed by atoms with Gasteiger partial charge in [0.2, 0.25) is 0 Å². The van der Waals surface area contributed by atoms with Crippen molar-refractivity contribution in [2.75, 3.05) is 17.7 Å². The van der Waals surface area contributed by atoms with Gasteiger partial charge in [0, 0.05) is 7.05 Å². The number of hydrogen-bond donors (Lipinski definition) is 3. The van der Waals surface area contributed by atoms with Gasteiger partial charge in [-0.1, -0.05) is 23.7 Å². The van der Waals surface area contributed by atoms with Gasteiger partial charge in [-0.3, -0.25) is 9.89 Å². The van der Waals surface area contributed by atoms with Crippen molar-refractivity contribution in [3.05, 3.63) is 41.0 Å². The first-order valence-corrected chi connectivity index (χ1v) is 5.37. The van der Waals surface area contributed by atoms with E-state index in [-0.39, 0.29) is 5.91 Å². The van der Waals surface area contributed by atoms with Crippen LogP contribution < -0.4 is 10.6 Å². The SMILES string of the molecule is CNc1[nH]ncc1C(=O)Nc1ccccc1Cl. The van der Waals surface area contributed by atoms with E-state index in [2.05, 4.69) is 20.8 Å². The Morgan fingerprint density at radius 3 is 2.88 bits per heavy atom. The molecule has 0 aliphatic heterocycles. The number of amides is 1. The first-order chi connectivity index (χ1) is 8.22. The summed E-state index contributed by atoms with van der Waals surface area (Å²) in [6, 6.07) is 7.05. The number of halogens is 1. The van der Waals surface area contributed by atoms with Crippen molar-refractivity contribution in [1.82, 2.24) is 10.2 Å². The predicted octanol–water partition coefficient (Wildman–Crippen LogP) is 2.36. The zero-order valence-corrected chi connectivity index (χ0v) is 9.88. The number of rotatable bonds is 3. The number of para-hydroxylation sites is 1. The van der Waals surface area contributed by atoms with Crippen molar-refractivity contribution in [2.24, 2.45) is 0 Å². The lowest BCUT2D eigenvalue weighted by atomic mass is 10.2. The standard InChI is InChI=1S/C11H11ClN4O/c1-13-10-7(6-14-16-10)11(17)15-9-5-3-2-4-8(9)12/h2-6H,1H3,(H,15,17)(H2,13,14,16). The Morgan fingerprint density at radius 2 is 2.18 bits per heavy atom. The molecule has 0 saturated heterocycles. The summed E-state index contributed by atoms with van der Waals surface area (Å²) in [6.07, 6.45) is 1.46. The molecule has 0 saturated carbocycles. The van der Waals surface area contributed by atoms with Gasteiger partial charge in [-0.2, -0.15) is 5.10 Å². The number of aromatic nitrogens is 2. The van der Waals surface area contributed by atoms with Crippen molar-refractivity contribution in [1.29, 1.82) is 0 Å². The van der Waals surface area contributed by atoms with Crippen LogP contribution in [0.15, 0.2) is 30.5 Å². The minimum atomic E-state index is -0.267. The quantitative estimate of drug-likeness (QED) is 0.783. The number of hydrogen-bond acceptors (Lipinski definition) is 3. The lowest BCUT2D eigenvalue weighted by Gasteiger charge is -2.06. The molecule has 0 radical (unpaired) electrons. The minimum Gasteiger partial charge on any atom is -0.373 e. The van der Waals surface area contributed by atoms with E-state index in [9.17, 15) is 4.79 Å². The summed E-state index contributed by atoms with van der Waals surface area (Å²) in [5.74, 6) is 0.297. The first kappa shape index (κ1) is 11.5. The van der Waals surface area contributed by atoms with Crippen molar-refractivity contribution in [3.8, 4) is 0 Å². The van der Waals surface area contributed by atoms with Gasteiger partial charge in [-0.15, -0.1) is 0 Å². The number of carbonyl (C=O) groups is 1. The van der Waals surface area contributed by atoms with Gasteiger partial charge < -0.3 is 10.6 Å². The van der Waals surface area contributed by atoms with E-state index in [1.54, 1.807) is 31.3 Å². The molecule has 0 aliphatic carbocycles. The van der Waals surface area contributed by atoms with Gasteiger partial charge >= 0.3 is 0 Å². The highest BCUT2D eigenvalue weighted by Gasteiger charge is 2.13. The second kappa shape index (κ2) is 4.88. The summed E-state index contributed by atoms with van der Waals surface area (Å²) in [4.78, 5) is 11.9. The average Bonchev–Trinajstić information content (AvgIpc) is 2.80. The van der Waals surface area contributed by atoms with Crippen LogP contribution in [0.2, 0.25) is 5.02 Å². The highest BCUT2D eigenvalue weighted by Crippen LogP contribution is 2.22. The maximum absolute atomic E-state index is 11.9. The number of carbonyl (C=O) groups excluding carboxylic acids is 1. The molecule has 5 nitrogen and oxygen atoms in total. The topological polar surface area (TPSA) is 69.8 Å². The zero-order valence-electron chi connectivity index (χ0n) is 9.12. The summed E-state index contributed by atoms with van der Waals surface area (Å²) in [5, 5.41) is 12.5. The Kier molecular flexibility index (Phi) is 3.30. The van der Waals surface area contributed by atoms with Crippen LogP contribution in [0, 0.1) is 0 Å². The summed E-state index contributed by atoms with van der Waals surface area (Å²) in [5.41, 5.74) is 1.01. The van der Waals surface area contributed by atoms with Crippen LogP contribution in [0.1, 0.15) is 10.4 Å². The summed E-state index contributed by atoms with van der Waals surface area (Å²) >= 11 is 5.95. The predicted molar refractivity (Wildman–Crippen MR) is 67.5 cm³/mol. The number of nitrogens with zero attached hydrogens (tertiary/aromatic N) is 1. The van der Waals surface area contributed by atoms with E-state index in [0.29, 0.717) is 22.1 Å². The van der Waals surface area contributed by atoms with Crippen molar-refractivity contribution in [2.45, 2.75) is 0 Å². The normalized spacial score (nSPS) is 10.0. The van der Waals surface area contributed by atoms with Crippen LogP contribution in [-0.2, 0) is 0 Å². The minimum absolute atomic E-state index is 0.267. The van der Waals surface area contributed by atoms with Crippen LogP contribution >= 0.6 is 11.6 Å². The molecule has 1 heterocycles. The number of anilines is 2. The number of nitrogens with one attached hydrogen (secondary N) is 3. The van der Waals surface area contributed by atoms with E-state index in [1.165, 1.54) is 6.20 Å². The lowest BCUT2D eigenvalue weighted by Crippen LogP contribution is -2.13. The summed E-state index contributed by atoms with van der Waals surface area (Å²) in [7, 11) is 1.71. The van der Waals surface area contributed by atoms with E-state index in [0.717, 1.165) is 0 Å². The smallest absolute Gasteiger partial charge is 0.261 e. The summed E-state index contributed by atoms with van der Waals surface area (Å²) in [6.45, 7) is 0. The fourth-order valence-electron chi connectivity index (χ4n) is 1.40. The first-order valence-electron chi connectivity index (χ1n) is 4.99. The maximum atomic E-state index is 11.9. The van der Waals surface area contributed by atoms with Crippen LogP contribution in [0.3, 0.4) is 0 Å². The van der Waals surface area contributed by atoms with Crippen molar-refractivity contribution in [3.63, 3.8) is 0 Å². The maximum Gasteiger partial charge on any atom is 0.261 e. The van der Waals surface area contributed by atoms with Gasteiger partial charge in [-0.05, 0) is 12.1 Å². The molecule has 1 aromatic heterocycles. The fraction of sp³-hybridized carbons (Fsp3) is 0.0909. The number of benzene rings is 1. The Hall–Kier alpha value is -2.01. The van der Waals surface area contributed by atoms with Gasteiger partial charge in [0.1, 0.15) is 11.4 Å². The van der Waals surface area contributed by atoms with Gasteiger partial charge in [0.15, 0.2) is 0 Å². The fourth-order valence-corrected chi connectivity index (χ4v) is 1.58. The molecular formula is C11H11ClN4O. The Balaban J connectivity index is 2.20. The molecule has 1 aromatic carbocycles. The van der Waals surface area contributed by atoms with Crippen molar-refractivity contribution >= 4 is 29.0 Å². The van der Waals surface area contributed by atoms with Gasteiger partial charge in [-0.25, -0.2) is 0 Å². The number of aromatic amines is 1. The molecule has 0 bridgehead atoms. The number of H-pyrrole nitrogens is 1. The largest absolute Gasteiger partial charge is 0.373 e. The molecule has 6 heteroatoms. The molecule has 3 N–H and O–H groups in total. The lowest BCUT2D eigenvalue weighted by molar-refractivity contribution is 0.102. The molecule has 17 heavy (non-hydrogen) atoms. The Bertz CT molecular complexity index is 538. The van der Waals surface area contributed by atoms with E-state index < -0.39 is 0 Å². The molecule has 88 valence electrons. The van der Waals surface area contributed by atoms with E-state index in [1.807, 2.05) is 0 Å². The second-order valence-corrected chi connectivity index (χ2v) is 3.75. The van der Waals surface area contributed by atoms with Crippen LogP contribution in [0.25, 0.3) is 0 Å². The molecule has 0 atom stereocenters. The van der Waals surface area contributed by atoms with E-state index in [4.69, 9.17) is 11.6 Å². The van der Waals surface area contributed by atoms with E-state index >= 15 is 0 Å². The van der Waals surface area contributed by atoms with Gasteiger partial charge in [0.05, 0.1) is 16.9 Å². The molecular weight excluding hydrogens is 240 g/mol. The highest BCUT2D eigenvalue weighted by molar-refractivity contribution is 6.34.